The topological polar surface area (TPSA) is 38.3 Å². The number of benzene rings is 2. The fraction of sp³-hybridized carbons (Fsp3) is 0.409. The standard InChI is InChI=1S/C22H27NO2/c1-25-22-15-9-8-14-19(22)23-20(17-10-4-2-5-11-17)16-21(24)18-12-6-3-7-13-18/h3,6-9,12-15,17,20,23H,2,4-5,10-11,16H2,1H3. The molecular formula is C22H27NO2. The van der Waals surface area contributed by atoms with Crippen molar-refractivity contribution < 1.29 is 9.53 Å². The number of nitrogens with one attached hydrogen (secondary N) is 1. The fourth-order valence-corrected chi connectivity index (χ4v) is 3.78. The Labute approximate surface area is 150 Å². The molecule has 0 heterocycles. The molecule has 1 N–H and O–H groups in total. The number of para-hydroxylation sites is 2. The molecule has 1 saturated carbocycles. The van der Waals surface area contributed by atoms with Crippen molar-refractivity contribution in [1.82, 2.24) is 0 Å². The summed E-state index contributed by atoms with van der Waals surface area (Å²) in [5, 5.41) is 3.62. The SMILES string of the molecule is COc1ccccc1NC(CC(=O)c1ccccc1)C1CCCCC1. The highest BCUT2D eigenvalue weighted by Crippen LogP contribution is 2.32. The van der Waals surface area contributed by atoms with Gasteiger partial charge in [0.2, 0.25) is 0 Å². The summed E-state index contributed by atoms with van der Waals surface area (Å²) in [5.74, 6) is 1.57. The molecule has 0 saturated heterocycles. The van der Waals surface area contributed by atoms with Crippen molar-refractivity contribution in [2.45, 2.75) is 44.6 Å². The van der Waals surface area contributed by atoms with E-state index in [1.54, 1.807) is 7.11 Å². The van der Waals surface area contributed by atoms with E-state index in [9.17, 15) is 4.79 Å². The number of carbonyl (C=O) groups excluding carboxylic acids is 1. The molecule has 132 valence electrons. The smallest absolute Gasteiger partial charge is 0.164 e. The molecule has 1 aliphatic rings. The highest BCUT2D eigenvalue weighted by molar-refractivity contribution is 5.96. The third kappa shape index (κ3) is 4.62. The van der Waals surface area contributed by atoms with E-state index < -0.39 is 0 Å². The van der Waals surface area contributed by atoms with Gasteiger partial charge in [0, 0.05) is 18.0 Å². The average molecular weight is 337 g/mol. The number of hydrogen-bond acceptors (Lipinski definition) is 3. The second-order valence-corrected chi connectivity index (χ2v) is 6.84. The lowest BCUT2D eigenvalue weighted by Gasteiger charge is -2.32. The maximum atomic E-state index is 12.8. The summed E-state index contributed by atoms with van der Waals surface area (Å²) in [6.07, 6.45) is 6.73. The van der Waals surface area contributed by atoms with E-state index in [-0.39, 0.29) is 11.8 Å². The van der Waals surface area contributed by atoms with Gasteiger partial charge in [0.15, 0.2) is 5.78 Å². The number of methoxy groups -OCH3 is 1. The lowest BCUT2D eigenvalue weighted by atomic mass is 9.81. The summed E-state index contributed by atoms with van der Waals surface area (Å²) in [7, 11) is 1.69. The zero-order valence-corrected chi connectivity index (χ0v) is 14.9. The van der Waals surface area contributed by atoms with E-state index >= 15 is 0 Å². The minimum Gasteiger partial charge on any atom is -0.495 e. The molecule has 0 amide bonds. The van der Waals surface area contributed by atoms with E-state index in [1.807, 2.05) is 54.6 Å². The van der Waals surface area contributed by atoms with Crippen LogP contribution < -0.4 is 10.1 Å². The zero-order valence-electron chi connectivity index (χ0n) is 14.9. The Morgan fingerprint density at radius 1 is 1.04 bits per heavy atom. The number of Topliss-reactive ketones (excluding diaryl/α,β-unsaturated/α-hetero) is 1. The van der Waals surface area contributed by atoms with Gasteiger partial charge in [0.05, 0.1) is 12.8 Å². The summed E-state index contributed by atoms with van der Waals surface area (Å²) in [6, 6.07) is 17.7. The van der Waals surface area contributed by atoms with Gasteiger partial charge < -0.3 is 10.1 Å². The van der Waals surface area contributed by atoms with E-state index in [0.29, 0.717) is 12.3 Å². The zero-order chi connectivity index (χ0) is 17.5. The van der Waals surface area contributed by atoms with E-state index in [2.05, 4.69) is 5.32 Å². The minimum absolute atomic E-state index is 0.143. The highest BCUT2D eigenvalue weighted by atomic mass is 16.5. The van der Waals surface area contributed by atoms with E-state index in [0.717, 1.165) is 17.0 Å². The van der Waals surface area contributed by atoms with Gasteiger partial charge in [0.1, 0.15) is 5.75 Å². The van der Waals surface area contributed by atoms with E-state index in [4.69, 9.17) is 4.74 Å². The Kier molecular flexibility index (Phi) is 6.10. The van der Waals surface area contributed by atoms with Crippen LogP contribution in [0.5, 0.6) is 5.75 Å². The van der Waals surface area contributed by atoms with Crippen molar-refractivity contribution in [1.29, 1.82) is 0 Å². The first kappa shape index (κ1) is 17.5. The first-order valence-electron chi connectivity index (χ1n) is 9.25. The van der Waals surface area contributed by atoms with Crippen LogP contribution in [0.1, 0.15) is 48.9 Å². The normalized spacial score (nSPS) is 16.2. The Morgan fingerprint density at radius 3 is 2.44 bits per heavy atom. The molecule has 2 aromatic rings. The lowest BCUT2D eigenvalue weighted by molar-refractivity contribution is 0.0964. The van der Waals surface area contributed by atoms with Crippen molar-refractivity contribution in [2.75, 3.05) is 12.4 Å². The summed E-state index contributed by atoms with van der Waals surface area (Å²) >= 11 is 0. The second kappa shape index (κ2) is 8.70. The third-order valence-electron chi connectivity index (χ3n) is 5.17. The first-order chi connectivity index (χ1) is 12.3. The Hall–Kier alpha value is -2.29. The van der Waals surface area contributed by atoms with Crippen LogP contribution in [0.2, 0.25) is 0 Å². The summed E-state index contributed by atoms with van der Waals surface area (Å²) < 4.78 is 5.48. The number of ketones is 1. The molecule has 25 heavy (non-hydrogen) atoms. The highest BCUT2D eigenvalue weighted by Gasteiger charge is 2.26. The van der Waals surface area contributed by atoms with Crippen LogP contribution >= 0.6 is 0 Å². The Bertz CT molecular complexity index is 677. The van der Waals surface area contributed by atoms with Crippen LogP contribution in [-0.2, 0) is 0 Å². The van der Waals surface area contributed by atoms with Gasteiger partial charge >= 0.3 is 0 Å². The third-order valence-corrected chi connectivity index (χ3v) is 5.17. The maximum Gasteiger partial charge on any atom is 0.164 e. The minimum atomic E-state index is 0.143. The van der Waals surface area contributed by atoms with Crippen molar-refractivity contribution in [3.8, 4) is 5.75 Å². The van der Waals surface area contributed by atoms with Gasteiger partial charge in [-0.1, -0.05) is 61.7 Å². The van der Waals surface area contributed by atoms with Crippen molar-refractivity contribution in [2.24, 2.45) is 5.92 Å². The Balaban J connectivity index is 1.78. The summed E-state index contributed by atoms with van der Waals surface area (Å²) in [6.45, 7) is 0. The monoisotopic (exact) mass is 337 g/mol. The van der Waals surface area contributed by atoms with Crippen LogP contribution in [0.3, 0.4) is 0 Å². The molecular weight excluding hydrogens is 310 g/mol. The number of rotatable bonds is 7. The van der Waals surface area contributed by atoms with Crippen LogP contribution in [-0.4, -0.2) is 18.9 Å². The van der Waals surface area contributed by atoms with Crippen LogP contribution in [0, 0.1) is 5.92 Å². The molecule has 0 bridgehead atoms. The van der Waals surface area contributed by atoms with Gasteiger partial charge in [0.25, 0.3) is 0 Å². The van der Waals surface area contributed by atoms with Crippen molar-refractivity contribution in [3.63, 3.8) is 0 Å². The molecule has 0 aromatic heterocycles. The molecule has 0 radical (unpaired) electrons. The molecule has 3 nitrogen and oxygen atoms in total. The predicted octanol–water partition coefficient (Wildman–Crippen LogP) is 5.33. The van der Waals surface area contributed by atoms with Crippen LogP contribution in [0.4, 0.5) is 5.69 Å². The molecule has 0 spiro atoms. The fourth-order valence-electron chi connectivity index (χ4n) is 3.78. The van der Waals surface area contributed by atoms with Crippen molar-refractivity contribution >= 4 is 11.5 Å². The lowest BCUT2D eigenvalue weighted by Crippen LogP contribution is -2.33. The Morgan fingerprint density at radius 2 is 1.72 bits per heavy atom. The molecule has 1 unspecified atom stereocenters. The van der Waals surface area contributed by atoms with Gasteiger partial charge in [-0.25, -0.2) is 0 Å². The predicted molar refractivity (Wildman–Crippen MR) is 102 cm³/mol. The molecule has 1 fully saturated rings. The number of anilines is 1. The van der Waals surface area contributed by atoms with Crippen LogP contribution in [0.25, 0.3) is 0 Å². The molecule has 3 heteroatoms. The first-order valence-corrected chi connectivity index (χ1v) is 9.25. The van der Waals surface area contributed by atoms with Gasteiger partial charge in [-0.2, -0.15) is 0 Å². The number of carbonyl (C=O) groups is 1. The molecule has 3 rings (SSSR count). The largest absolute Gasteiger partial charge is 0.495 e. The molecule has 0 aliphatic heterocycles. The molecule has 2 aromatic carbocycles. The summed E-state index contributed by atoms with van der Waals surface area (Å²) in [4.78, 5) is 12.8. The number of ether oxygens (including phenoxy) is 1. The average Bonchev–Trinajstić information content (AvgIpc) is 2.69. The van der Waals surface area contributed by atoms with Gasteiger partial charge in [-0.15, -0.1) is 0 Å². The quantitative estimate of drug-likeness (QED) is 0.694. The summed E-state index contributed by atoms with van der Waals surface area (Å²) in [5.41, 5.74) is 1.77. The van der Waals surface area contributed by atoms with E-state index in [1.165, 1.54) is 32.1 Å². The van der Waals surface area contributed by atoms with Crippen LogP contribution in [0.15, 0.2) is 54.6 Å². The molecule has 1 aliphatic carbocycles. The van der Waals surface area contributed by atoms with Gasteiger partial charge in [-0.05, 0) is 30.9 Å². The maximum absolute atomic E-state index is 12.8. The van der Waals surface area contributed by atoms with Crippen molar-refractivity contribution in [3.05, 3.63) is 60.2 Å². The van der Waals surface area contributed by atoms with Gasteiger partial charge in [-0.3, -0.25) is 4.79 Å². The molecule has 1 atom stereocenters. The number of hydrogen-bond donors (Lipinski definition) is 1. The second-order valence-electron chi connectivity index (χ2n) is 6.84.